The fraction of sp³-hybridized carbons (Fsp3) is 0.579. The van der Waals surface area contributed by atoms with Gasteiger partial charge in [0.2, 0.25) is 0 Å². The Morgan fingerprint density at radius 1 is 0.742 bits per heavy atom. The van der Waals surface area contributed by atoms with E-state index in [0.717, 1.165) is 57.1 Å². The summed E-state index contributed by atoms with van der Waals surface area (Å²) in [5.41, 5.74) is 1.82. The SMILES string of the molecule is CCCNC(=S)NCCNCc1ccon1.CCNC(=S)NCCNCc1ccon1. The molecule has 2 heterocycles. The summed E-state index contributed by atoms with van der Waals surface area (Å²) in [6.45, 7) is 10.6. The molecule has 0 aromatic carbocycles. The van der Waals surface area contributed by atoms with E-state index >= 15 is 0 Å². The molecule has 0 fully saturated rings. The minimum atomic E-state index is 0.695. The lowest BCUT2D eigenvalue weighted by Crippen LogP contribution is -2.39. The molecule has 0 amide bonds. The van der Waals surface area contributed by atoms with Crippen LogP contribution in [0.5, 0.6) is 0 Å². The van der Waals surface area contributed by atoms with Gasteiger partial charge in [-0.3, -0.25) is 0 Å². The van der Waals surface area contributed by atoms with Crippen LogP contribution in [0.4, 0.5) is 0 Å². The minimum absolute atomic E-state index is 0.695. The summed E-state index contributed by atoms with van der Waals surface area (Å²) in [4.78, 5) is 0. The van der Waals surface area contributed by atoms with Crippen LogP contribution < -0.4 is 31.9 Å². The molecule has 2 aromatic heterocycles. The number of thiocarbonyl (C=S) groups is 2. The van der Waals surface area contributed by atoms with Crippen molar-refractivity contribution in [2.24, 2.45) is 0 Å². The van der Waals surface area contributed by atoms with Crippen LogP contribution in [-0.2, 0) is 13.1 Å². The van der Waals surface area contributed by atoms with Crippen molar-refractivity contribution in [3.63, 3.8) is 0 Å². The van der Waals surface area contributed by atoms with E-state index in [9.17, 15) is 0 Å². The van der Waals surface area contributed by atoms with Crippen molar-refractivity contribution in [3.05, 3.63) is 36.0 Å². The number of nitrogens with one attached hydrogen (secondary N) is 6. The summed E-state index contributed by atoms with van der Waals surface area (Å²) in [6.07, 6.45) is 4.21. The van der Waals surface area contributed by atoms with E-state index in [-0.39, 0.29) is 0 Å². The standard InChI is InChI=1S/C10H18N4OS.C9H16N4OS/c1-2-4-12-10(16)13-6-5-11-8-9-3-7-15-14-9;1-2-11-9(15)12-5-4-10-7-8-3-6-14-13-8/h3,7,11H,2,4-6,8H2,1H3,(H2,12,13,16);3,6,10H,2,4-5,7H2,1H3,(H2,11,12,15). The van der Waals surface area contributed by atoms with Crippen LogP contribution in [0, 0.1) is 0 Å². The summed E-state index contributed by atoms with van der Waals surface area (Å²) in [6, 6.07) is 3.68. The maximum absolute atomic E-state index is 5.07. The normalized spacial score (nSPS) is 10.0. The van der Waals surface area contributed by atoms with Gasteiger partial charge in [-0.2, -0.15) is 0 Å². The Balaban J connectivity index is 0.000000311. The Bertz CT molecular complexity index is 683. The highest BCUT2D eigenvalue weighted by molar-refractivity contribution is 7.80. The molecule has 0 aliphatic carbocycles. The number of aromatic nitrogens is 2. The predicted octanol–water partition coefficient (Wildman–Crippen LogP) is 0.887. The third-order valence-corrected chi connectivity index (χ3v) is 4.22. The monoisotopic (exact) mass is 470 g/mol. The third kappa shape index (κ3) is 15.2. The zero-order valence-corrected chi connectivity index (χ0v) is 19.8. The van der Waals surface area contributed by atoms with Gasteiger partial charge in [-0.15, -0.1) is 0 Å². The van der Waals surface area contributed by atoms with Gasteiger partial charge >= 0.3 is 0 Å². The number of hydrogen-bond donors (Lipinski definition) is 6. The van der Waals surface area contributed by atoms with E-state index in [2.05, 4.69) is 49.1 Å². The van der Waals surface area contributed by atoms with Crippen molar-refractivity contribution in [3.8, 4) is 0 Å². The van der Waals surface area contributed by atoms with Crippen LogP contribution in [0.25, 0.3) is 0 Å². The second kappa shape index (κ2) is 18.5. The van der Waals surface area contributed by atoms with Crippen LogP contribution in [0.3, 0.4) is 0 Å². The highest BCUT2D eigenvalue weighted by Gasteiger charge is 1.97. The van der Waals surface area contributed by atoms with Gasteiger partial charge in [-0.1, -0.05) is 17.2 Å². The topological polar surface area (TPSA) is 124 Å². The maximum atomic E-state index is 5.07. The molecule has 0 spiro atoms. The molecule has 0 saturated carbocycles. The second-order valence-corrected chi connectivity index (χ2v) is 7.12. The van der Waals surface area contributed by atoms with Crippen molar-refractivity contribution >= 4 is 34.7 Å². The van der Waals surface area contributed by atoms with Gasteiger partial charge in [-0.05, 0) is 37.8 Å². The minimum Gasteiger partial charge on any atom is -0.364 e. The Kier molecular flexibility index (Phi) is 16.0. The van der Waals surface area contributed by atoms with Gasteiger partial charge in [0.1, 0.15) is 12.5 Å². The molecule has 12 heteroatoms. The Morgan fingerprint density at radius 3 is 1.65 bits per heavy atom. The predicted molar refractivity (Wildman–Crippen MR) is 130 cm³/mol. The van der Waals surface area contributed by atoms with Gasteiger partial charge in [0.15, 0.2) is 10.2 Å². The molecule has 0 saturated heterocycles. The molecule has 2 aromatic rings. The maximum Gasteiger partial charge on any atom is 0.166 e. The Labute approximate surface area is 194 Å². The fourth-order valence-electron chi connectivity index (χ4n) is 2.14. The third-order valence-electron chi connectivity index (χ3n) is 3.64. The average molecular weight is 471 g/mol. The lowest BCUT2D eigenvalue weighted by atomic mass is 10.4. The van der Waals surface area contributed by atoms with E-state index in [1.807, 2.05) is 19.1 Å². The van der Waals surface area contributed by atoms with Gasteiger partial charge in [-0.25, -0.2) is 0 Å². The van der Waals surface area contributed by atoms with E-state index in [1.54, 1.807) is 12.5 Å². The first-order valence-electron chi connectivity index (χ1n) is 10.4. The van der Waals surface area contributed by atoms with Crippen molar-refractivity contribution in [1.29, 1.82) is 0 Å². The molecule has 10 nitrogen and oxygen atoms in total. The van der Waals surface area contributed by atoms with Gasteiger partial charge in [0, 0.05) is 64.5 Å². The summed E-state index contributed by atoms with van der Waals surface area (Å²) in [7, 11) is 0. The molecule has 0 bridgehead atoms. The van der Waals surface area contributed by atoms with E-state index in [4.69, 9.17) is 33.5 Å². The van der Waals surface area contributed by atoms with Crippen molar-refractivity contribution in [2.45, 2.75) is 33.4 Å². The van der Waals surface area contributed by atoms with E-state index in [1.165, 1.54) is 0 Å². The van der Waals surface area contributed by atoms with Crippen LogP contribution in [0.2, 0.25) is 0 Å². The van der Waals surface area contributed by atoms with E-state index < -0.39 is 0 Å². The summed E-state index contributed by atoms with van der Waals surface area (Å²) >= 11 is 10.1. The molecule has 6 N–H and O–H groups in total. The van der Waals surface area contributed by atoms with Crippen molar-refractivity contribution < 1.29 is 9.05 Å². The summed E-state index contributed by atoms with van der Waals surface area (Å²) in [5, 5.41) is 27.7. The number of hydrogen-bond acceptors (Lipinski definition) is 8. The van der Waals surface area contributed by atoms with Crippen molar-refractivity contribution in [1.82, 2.24) is 42.2 Å². The zero-order chi connectivity index (χ0) is 22.6. The molecule has 174 valence electrons. The van der Waals surface area contributed by atoms with Crippen LogP contribution >= 0.6 is 24.4 Å². The number of nitrogens with zero attached hydrogens (tertiary/aromatic N) is 2. The first kappa shape index (κ1) is 26.8. The Hall–Kier alpha value is -2.28. The second-order valence-electron chi connectivity index (χ2n) is 6.30. The highest BCUT2D eigenvalue weighted by Crippen LogP contribution is 1.92. The average Bonchev–Trinajstić information content (AvgIpc) is 3.47. The summed E-state index contributed by atoms with van der Waals surface area (Å²) < 4.78 is 9.42. The highest BCUT2D eigenvalue weighted by atomic mass is 32.1. The fourth-order valence-corrected chi connectivity index (χ4v) is 2.59. The van der Waals surface area contributed by atoms with Crippen molar-refractivity contribution in [2.75, 3.05) is 39.3 Å². The molecule has 0 unspecified atom stereocenters. The molecule has 0 atom stereocenters. The first-order valence-corrected chi connectivity index (χ1v) is 11.2. The largest absolute Gasteiger partial charge is 0.364 e. The quantitative estimate of drug-likeness (QED) is 0.184. The summed E-state index contributed by atoms with van der Waals surface area (Å²) in [5.74, 6) is 0. The van der Waals surface area contributed by atoms with Gasteiger partial charge in [0.25, 0.3) is 0 Å². The van der Waals surface area contributed by atoms with Gasteiger partial charge in [0.05, 0.1) is 11.4 Å². The zero-order valence-electron chi connectivity index (χ0n) is 18.2. The van der Waals surface area contributed by atoms with E-state index in [0.29, 0.717) is 23.3 Å². The van der Waals surface area contributed by atoms with Crippen LogP contribution in [-0.4, -0.2) is 59.8 Å². The molecule has 31 heavy (non-hydrogen) atoms. The smallest absolute Gasteiger partial charge is 0.166 e. The molecule has 0 radical (unpaired) electrons. The lowest BCUT2D eigenvalue weighted by Gasteiger charge is -2.09. The molecule has 0 aliphatic heterocycles. The first-order chi connectivity index (χ1) is 15.2. The van der Waals surface area contributed by atoms with Crippen LogP contribution in [0.15, 0.2) is 33.7 Å². The molecule has 2 rings (SSSR count). The molecular weight excluding hydrogens is 436 g/mol. The lowest BCUT2D eigenvalue weighted by molar-refractivity contribution is 0.408. The van der Waals surface area contributed by atoms with Gasteiger partial charge < -0.3 is 40.9 Å². The molecular formula is C19H34N8O2S2. The Morgan fingerprint density at radius 2 is 1.23 bits per heavy atom. The van der Waals surface area contributed by atoms with Crippen LogP contribution in [0.1, 0.15) is 31.7 Å². The number of rotatable bonds is 13. The molecule has 0 aliphatic rings.